The highest BCUT2D eigenvalue weighted by Gasteiger charge is 2.32. The van der Waals surface area contributed by atoms with Gasteiger partial charge in [0.15, 0.2) is 5.75 Å². The molecule has 150 valence electrons. The van der Waals surface area contributed by atoms with E-state index in [4.69, 9.17) is 4.74 Å². The molecule has 0 aliphatic carbocycles. The second-order valence-electron chi connectivity index (χ2n) is 5.80. The van der Waals surface area contributed by atoms with Crippen LogP contribution in [-0.2, 0) is 11.3 Å². The Morgan fingerprint density at radius 2 is 1.96 bits per heavy atom. The third-order valence-corrected chi connectivity index (χ3v) is 3.79. The molecule has 2 heterocycles. The fourth-order valence-corrected chi connectivity index (χ4v) is 2.52. The summed E-state index contributed by atoms with van der Waals surface area (Å²) in [6, 6.07) is 6.23. The number of para-hydroxylation sites is 2. The Balaban J connectivity index is 1.58. The van der Waals surface area contributed by atoms with E-state index in [1.807, 2.05) is 4.90 Å². The summed E-state index contributed by atoms with van der Waals surface area (Å²) < 4.78 is 46.5. The van der Waals surface area contributed by atoms with Crippen molar-refractivity contribution < 1.29 is 27.4 Å². The molecule has 1 aromatic carbocycles. The average molecular weight is 397 g/mol. The number of aromatic nitrogens is 2. The summed E-state index contributed by atoms with van der Waals surface area (Å²) in [5, 5.41) is 4.88. The lowest BCUT2D eigenvalue weighted by Crippen LogP contribution is -2.37. The molecule has 2 N–H and O–H groups in total. The van der Waals surface area contributed by atoms with Gasteiger partial charge in [-0.25, -0.2) is 14.8 Å². The minimum absolute atomic E-state index is 0.0774. The van der Waals surface area contributed by atoms with E-state index in [1.165, 1.54) is 18.2 Å². The number of carbonyl (C=O) groups is 1. The Bertz CT molecular complexity index is 813. The number of carbonyl (C=O) groups excluding carboxylic acids is 1. The van der Waals surface area contributed by atoms with Crippen molar-refractivity contribution >= 4 is 17.7 Å². The number of hydrogen-bond acceptors (Lipinski definition) is 6. The number of morpholine rings is 1. The highest BCUT2D eigenvalue weighted by Crippen LogP contribution is 2.29. The van der Waals surface area contributed by atoms with Gasteiger partial charge in [-0.05, 0) is 18.2 Å². The van der Waals surface area contributed by atoms with Crippen molar-refractivity contribution in [3.05, 3.63) is 42.2 Å². The molecule has 0 unspecified atom stereocenters. The summed E-state index contributed by atoms with van der Waals surface area (Å²) in [6.07, 6.45) is -3.27. The predicted octanol–water partition coefficient (Wildman–Crippen LogP) is 2.53. The summed E-state index contributed by atoms with van der Waals surface area (Å²) in [6.45, 7) is 2.61. The Hall–Kier alpha value is -3.08. The molecule has 28 heavy (non-hydrogen) atoms. The van der Waals surface area contributed by atoms with Crippen molar-refractivity contribution in [1.29, 1.82) is 0 Å². The number of amides is 2. The van der Waals surface area contributed by atoms with Gasteiger partial charge in [-0.2, -0.15) is 0 Å². The highest BCUT2D eigenvalue weighted by molar-refractivity contribution is 5.90. The maximum atomic E-state index is 12.4. The molecule has 2 amide bonds. The van der Waals surface area contributed by atoms with Crippen LogP contribution in [0.1, 0.15) is 5.69 Å². The summed E-state index contributed by atoms with van der Waals surface area (Å²) in [5.74, 6) is 0.0359. The van der Waals surface area contributed by atoms with Gasteiger partial charge < -0.3 is 25.0 Å². The second-order valence-corrected chi connectivity index (χ2v) is 5.80. The van der Waals surface area contributed by atoms with Gasteiger partial charge in [0.05, 0.1) is 31.1 Å². The van der Waals surface area contributed by atoms with Crippen molar-refractivity contribution in [3.8, 4) is 5.75 Å². The Morgan fingerprint density at radius 3 is 2.71 bits per heavy atom. The molecule has 0 radical (unpaired) electrons. The molecule has 11 heteroatoms. The first-order valence-electron chi connectivity index (χ1n) is 8.45. The number of halogens is 3. The maximum Gasteiger partial charge on any atom is 0.573 e. The molecule has 1 aliphatic heterocycles. The lowest BCUT2D eigenvalue weighted by molar-refractivity contribution is -0.274. The number of ether oxygens (including phenoxy) is 2. The average Bonchev–Trinajstić information content (AvgIpc) is 2.68. The van der Waals surface area contributed by atoms with Crippen LogP contribution in [0.3, 0.4) is 0 Å². The van der Waals surface area contributed by atoms with Crippen LogP contribution < -0.4 is 20.3 Å². The van der Waals surface area contributed by atoms with Gasteiger partial charge in [-0.3, -0.25) is 0 Å². The first-order valence-corrected chi connectivity index (χ1v) is 8.45. The van der Waals surface area contributed by atoms with Gasteiger partial charge in [0, 0.05) is 19.3 Å². The number of anilines is 2. The lowest BCUT2D eigenvalue weighted by atomic mass is 10.3. The predicted molar refractivity (Wildman–Crippen MR) is 94.0 cm³/mol. The number of benzene rings is 1. The van der Waals surface area contributed by atoms with E-state index in [9.17, 15) is 18.0 Å². The monoisotopic (exact) mass is 397 g/mol. The molecule has 0 bridgehead atoms. The molecule has 3 rings (SSSR count). The molecule has 1 aromatic heterocycles. The van der Waals surface area contributed by atoms with Crippen molar-refractivity contribution in [1.82, 2.24) is 15.3 Å². The first kappa shape index (κ1) is 19.7. The lowest BCUT2D eigenvalue weighted by Gasteiger charge is -2.26. The minimum atomic E-state index is -4.86. The quantitative estimate of drug-likeness (QED) is 0.806. The van der Waals surface area contributed by atoms with E-state index >= 15 is 0 Å². The van der Waals surface area contributed by atoms with Crippen LogP contribution in [0.15, 0.2) is 36.5 Å². The van der Waals surface area contributed by atoms with E-state index in [0.717, 1.165) is 6.07 Å². The molecule has 1 aliphatic rings. The third kappa shape index (κ3) is 5.71. The van der Waals surface area contributed by atoms with E-state index in [0.29, 0.717) is 37.9 Å². The second kappa shape index (κ2) is 8.74. The van der Waals surface area contributed by atoms with Gasteiger partial charge in [0.25, 0.3) is 0 Å². The zero-order valence-corrected chi connectivity index (χ0v) is 14.7. The van der Waals surface area contributed by atoms with Crippen molar-refractivity contribution in [3.63, 3.8) is 0 Å². The molecule has 0 saturated carbocycles. The van der Waals surface area contributed by atoms with Crippen LogP contribution in [0.4, 0.5) is 29.6 Å². The van der Waals surface area contributed by atoms with Crippen molar-refractivity contribution in [2.24, 2.45) is 0 Å². The number of hydrogen-bond donors (Lipinski definition) is 2. The number of nitrogens with zero attached hydrogens (tertiary/aromatic N) is 3. The van der Waals surface area contributed by atoms with E-state index in [1.54, 1.807) is 12.3 Å². The van der Waals surface area contributed by atoms with Gasteiger partial charge >= 0.3 is 12.4 Å². The van der Waals surface area contributed by atoms with Gasteiger partial charge in [-0.15, -0.1) is 13.2 Å². The summed E-state index contributed by atoms with van der Waals surface area (Å²) in [4.78, 5) is 22.6. The van der Waals surface area contributed by atoms with Crippen molar-refractivity contribution in [2.75, 3.05) is 36.5 Å². The van der Waals surface area contributed by atoms with Crippen LogP contribution in [0, 0.1) is 0 Å². The summed E-state index contributed by atoms with van der Waals surface area (Å²) in [7, 11) is 0. The molecule has 1 fully saturated rings. The van der Waals surface area contributed by atoms with Crippen LogP contribution in [-0.4, -0.2) is 48.7 Å². The van der Waals surface area contributed by atoms with E-state index in [-0.39, 0.29) is 12.2 Å². The van der Waals surface area contributed by atoms with E-state index < -0.39 is 18.1 Å². The Labute approximate surface area is 158 Å². The highest BCUT2D eigenvalue weighted by atomic mass is 19.4. The van der Waals surface area contributed by atoms with Gasteiger partial charge in [-0.1, -0.05) is 12.1 Å². The van der Waals surface area contributed by atoms with Crippen LogP contribution in [0.25, 0.3) is 0 Å². The van der Waals surface area contributed by atoms with Crippen molar-refractivity contribution in [2.45, 2.75) is 12.9 Å². The Kier molecular flexibility index (Phi) is 6.14. The van der Waals surface area contributed by atoms with Gasteiger partial charge in [0.1, 0.15) is 0 Å². The summed E-state index contributed by atoms with van der Waals surface area (Å²) in [5.41, 5.74) is 0.459. The third-order valence-electron chi connectivity index (χ3n) is 3.79. The molecule has 1 saturated heterocycles. The molecule has 0 atom stereocenters. The largest absolute Gasteiger partial charge is 0.573 e. The SMILES string of the molecule is O=C(NCc1ccnc(N2CCOCC2)n1)Nc1ccccc1OC(F)(F)F. The number of rotatable bonds is 5. The summed E-state index contributed by atoms with van der Waals surface area (Å²) >= 11 is 0. The zero-order chi connectivity index (χ0) is 20.0. The minimum Gasteiger partial charge on any atom is -0.404 e. The topological polar surface area (TPSA) is 88.6 Å². The number of nitrogens with one attached hydrogen (secondary N) is 2. The van der Waals surface area contributed by atoms with Crippen LogP contribution in [0.2, 0.25) is 0 Å². The first-order chi connectivity index (χ1) is 13.4. The number of urea groups is 1. The zero-order valence-electron chi connectivity index (χ0n) is 14.7. The smallest absolute Gasteiger partial charge is 0.404 e. The molecular weight excluding hydrogens is 379 g/mol. The Morgan fingerprint density at radius 1 is 1.21 bits per heavy atom. The van der Waals surface area contributed by atoms with Crippen LogP contribution in [0.5, 0.6) is 5.75 Å². The maximum absolute atomic E-state index is 12.4. The van der Waals surface area contributed by atoms with Crippen LogP contribution >= 0.6 is 0 Å². The normalized spacial score (nSPS) is 14.5. The molecule has 8 nitrogen and oxygen atoms in total. The standard InChI is InChI=1S/C17H18F3N5O3/c18-17(19,20)28-14-4-2-1-3-13(14)24-16(26)22-11-12-5-6-21-15(23-12)25-7-9-27-10-8-25/h1-6H,7-11H2,(H2,22,24,26). The molecular formula is C17H18F3N5O3. The molecule has 2 aromatic rings. The fraction of sp³-hybridized carbons (Fsp3) is 0.353. The van der Waals surface area contributed by atoms with E-state index in [2.05, 4.69) is 25.3 Å². The van der Waals surface area contributed by atoms with Gasteiger partial charge in [0.2, 0.25) is 5.95 Å². The fourth-order valence-electron chi connectivity index (χ4n) is 2.52. The molecule has 0 spiro atoms. The number of alkyl halides is 3.